The van der Waals surface area contributed by atoms with Gasteiger partial charge in [-0.15, -0.1) is 0 Å². The number of nitrogens with zero attached hydrogens (tertiary/aromatic N) is 4. The molecule has 22 heavy (non-hydrogen) atoms. The molecule has 0 aromatic carbocycles. The van der Waals surface area contributed by atoms with Crippen molar-refractivity contribution >= 4 is 11.9 Å². The molecule has 0 bridgehead atoms. The molecule has 1 N–H and O–H groups in total. The maximum atomic E-state index is 12.1. The number of methoxy groups -OCH3 is 1. The number of hydrogen-bond donors (Lipinski definition) is 1. The predicted molar refractivity (Wildman–Crippen MR) is 85.3 cm³/mol. The zero-order valence-electron chi connectivity index (χ0n) is 13.6. The van der Waals surface area contributed by atoms with Crippen LogP contribution in [0.2, 0.25) is 0 Å². The minimum absolute atomic E-state index is 0.126. The molecular weight excluding hydrogens is 282 g/mol. The van der Waals surface area contributed by atoms with Crippen LogP contribution < -0.4 is 10.2 Å². The van der Waals surface area contributed by atoms with E-state index in [2.05, 4.69) is 32.1 Å². The zero-order valence-corrected chi connectivity index (χ0v) is 13.6. The Hall–Kier alpha value is -1.73. The molecule has 0 saturated carbocycles. The average molecular weight is 307 g/mol. The van der Waals surface area contributed by atoms with Gasteiger partial charge in [-0.25, -0.2) is 9.97 Å². The number of piperazine rings is 1. The predicted octanol–water partition coefficient (Wildman–Crippen LogP) is 0.303. The Bertz CT molecular complexity index is 501. The van der Waals surface area contributed by atoms with Crippen molar-refractivity contribution in [3.05, 3.63) is 17.5 Å². The fourth-order valence-electron chi connectivity index (χ4n) is 2.35. The first kappa shape index (κ1) is 16.6. The highest BCUT2D eigenvalue weighted by Gasteiger charge is 2.18. The topological polar surface area (TPSA) is 70.6 Å². The Balaban J connectivity index is 1.95. The molecule has 1 aromatic heterocycles. The van der Waals surface area contributed by atoms with E-state index in [1.807, 2.05) is 6.92 Å². The van der Waals surface area contributed by atoms with Crippen LogP contribution in [-0.2, 0) is 4.74 Å². The number of nitrogens with one attached hydrogen (secondary N) is 1. The molecular formula is C15H25N5O2. The number of likely N-dealkylation sites (N-methyl/N-ethyl adjacent to an activating group) is 1. The third-order valence-corrected chi connectivity index (χ3v) is 3.81. The number of carbonyl (C=O) groups is 1. The zero-order chi connectivity index (χ0) is 15.9. The molecule has 7 nitrogen and oxygen atoms in total. The molecule has 0 atom stereocenters. The number of aromatic nitrogens is 2. The number of hydrogen-bond acceptors (Lipinski definition) is 6. The summed E-state index contributed by atoms with van der Waals surface area (Å²) in [5.74, 6) is 0.583. The minimum atomic E-state index is -0.126. The van der Waals surface area contributed by atoms with Gasteiger partial charge in [0.25, 0.3) is 5.91 Å². The second-order valence-electron chi connectivity index (χ2n) is 5.56. The van der Waals surface area contributed by atoms with Crippen LogP contribution in [0.3, 0.4) is 0 Å². The van der Waals surface area contributed by atoms with Gasteiger partial charge in [-0.2, -0.15) is 0 Å². The van der Waals surface area contributed by atoms with Gasteiger partial charge in [-0.05, 0) is 20.4 Å². The number of aryl methyl sites for hydroxylation is 1. The van der Waals surface area contributed by atoms with Crippen LogP contribution in [0.5, 0.6) is 0 Å². The second kappa shape index (κ2) is 8.05. The van der Waals surface area contributed by atoms with Gasteiger partial charge in [0.15, 0.2) is 0 Å². The van der Waals surface area contributed by atoms with Crippen LogP contribution in [0.15, 0.2) is 6.20 Å². The number of carbonyl (C=O) groups excluding carboxylic acids is 1. The molecule has 1 aliphatic heterocycles. The maximum absolute atomic E-state index is 12.1. The van der Waals surface area contributed by atoms with E-state index in [1.54, 1.807) is 13.3 Å². The van der Waals surface area contributed by atoms with Gasteiger partial charge in [0.05, 0.1) is 11.3 Å². The van der Waals surface area contributed by atoms with Crippen molar-refractivity contribution in [1.29, 1.82) is 0 Å². The van der Waals surface area contributed by atoms with Crippen LogP contribution in [0, 0.1) is 6.92 Å². The first-order valence-electron chi connectivity index (χ1n) is 7.66. The van der Waals surface area contributed by atoms with E-state index in [0.717, 1.165) is 32.6 Å². The van der Waals surface area contributed by atoms with Crippen LogP contribution in [-0.4, -0.2) is 74.3 Å². The minimum Gasteiger partial charge on any atom is -0.385 e. The van der Waals surface area contributed by atoms with Gasteiger partial charge in [0.2, 0.25) is 5.95 Å². The maximum Gasteiger partial charge on any atom is 0.254 e. The molecule has 1 fully saturated rings. The van der Waals surface area contributed by atoms with Crippen molar-refractivity contribution < 1.29 is 9.53 Å². The van der Waals surface area contributed by atoms with Crippen molar-refractivity contribution in [3.63, 3.8) is 0 Å². The van der Waals surface area contributed by atoms with Crippen molar-refractivity contribution in [2.45, 2.75) is 13.3 Å². The first-order valence-corrected chi connectivity index (χ1v) is 7.66. The van der Waals surface area contributed by atoms with Gasteiger partial charge < -0.3 is 19.9 Å². The van der Waals surface area contributed by atoms with Crippen LogP contribution in [0.4, 0.5) is 5.95 Å². The third kappa shape index (κ3) is 4.38. The van der Waals surface area contributed by atoms with Crippen LogP contribution in [0.25, 0.3) is 0 Å². The van der Waals surface area contributed by atoms with Crippen LogP contribution >= 0.6 is 0 Å². The largest absolute Gasteiger partial charge is 0.385 e. The SMILES string of the molecule is COCCCNC(=O)c1cnc(N2CCN(C)CC2)nc1C. The fourth-order valence-corrected chi connectivity index (χ4v) is 2.35. The highest BCUT2D eigenvalue weighted by molar-refractivity contribution is 5.94. The molecule has 2 heterocycles. The number of anilines is 1. The van der Waals surface area contributed by atoms with E-state index in [-0.39, 0.29) is 5.91 Å². The Labute approximate surface area is 131 Å². The van der Waals surface area contributed by atoms with E-state index in [1.165, 1.54) is 0 Å². The second-order valence-corrected chi connectivity index (χ2v) is 5.56. The van der Waals surface area contributed by atoms with Gasteiger partial charge in [0.1, 0.15) is 0 Å². The highest BCUT2D eigenvalue weighted by atomic mass is 16.5. The van der Waals surface area contributed by atoms with Crippen molar-refractivity contribution in [1.82, 2.24) is 20.2 Å². The molecule has 122 valence electrons. The lowest BCUT2D eigenvalue weighted by atomic mass is 10.2. The first-order chi connectivity index (χ1) is 10.6. The van der Waals surface area contributed by atoms with E-state index >= 15 is 0 Å². The summed E-state index contributed by atoms with van der Waals surface area (Å²) in [6.45, 7) is 6.92. The summed E-state index contributed by atoms with van der Waals surface area (Å²) in [4.78, 5) is 25.4. The van der Waals surface area contributed by atoms with Gasteiger partial charge in [-0.3, -0.25) is 4.79 Å². The Morgan fingerprint density at radius 1 is 1.36 bits per heavy atom. The van der Waals surface area contributed by atoms with Gasteiger partial charge in [0, 0.05) is 52.6 Å². The van der Waals surface area contributed by atoms with Crippen molar-refractivity contribution in [2.75, 3.05) is 58.4 Å². The Morgan fingerprint density at radius 3 is 2.73 bits per heavy atom. The summed E-state index contributed by atoms with van der Waals surface area (Å²) in [7, 11) is 3.76. The normalized spacial score (nSPS) is 15.9. The average Bonchev–Trinajstić information content (AvgIpc) is 2.52. The molecule has 1 aromatic rings. The lowest BCUT2D eigenvalue weighted by Crippen LogP contribution is -2.45. The number of ether oxygens (including phenoxy) is 1. The summed E-state index contributed by atoms with van der Waals surface area (Å²) in [6, 6.07) is 0. The molecule has 0 aliphatic carbocycles. The fraction of sp³-hybridized carbons (Fsp3) is 0.667. The van der Waals surface area contributed by atoms with E-state index in [9.17, 15) is 4.79 Å². The third-order valence-electron chi connectivity index (χ3n) is 3.81. The van der Waals surface area contributed by atoms with E-state index < -0.39 is 0 Å². The molecule has 0 spiro atoms. The van der Waals surface area contributed by atoms with Gasteiger partial charge >= 0.3 is 0 Å². The monoisotopic (exact) mass is 307 g/mol. The van der Waals surface area contributed by atoms with Crippen molar-refractivity contribution in [3.8, 4) is 0 Å². The molecule has 2 rings (SSSR count). The Morgan fingerprint density at radius 2 is 2.09 bits per heavy atom. The van der Waals surface area contributed by atoms with Crippen molar-refractivity contribution in [2.24, 2.45) is 0 Å². The molecule has 1 amide bonds. The lowest BCUT2D eigenvalue weighted by molar-refractivity contribution is 0.0947. The Kier molecular flexibility index (Phi) is 6.09. The molecule has 7 heteroatoms. The smallest absolute Gasteiger partial charge is 0.254 e. The molecule has 0 radical (unpaired) electrons. The lowest BCUT2D eigenvalue weighted by Gasteiger charge is -2.32. The number of amides is 1. The summed E-state index contributed by atoms with van der Waals surface area (Å²) in [5, 5.41) is 2.86. The molecule has 1 aliphatic rings. The summed E-state index contributed by atoms with van der Waals surface area (Å²) in [6.07, 6.45) is 2.42. The summed E-state index contributed by atoms with van der Waals surface area (Å²) < 4.78 is 4.96. The molecule has 1 saturated heterocycles. The van der Waals surface area contributed by atoms with Gasteiger partial charge in [-0.1, -0.05) is 0 Å². The van der Waals surface area contributed by atoms with E-state index in [4.69, 9.17) is 4.74 Å². The summed E-state index contributed by atoms with van der Waals surface area (Å²) >= 11 is 0. The number of rotatable bonds is 6. The van der Waals surface area contributed by atoms with E-state index in [0.29, 0.717) is 30.4 Å². The molecule has 0 unspecified atom stereocenters. The standard InChI is InChI=1S/C15H25N5O2/c1-12-13(14(21)16-5-4-10-22-3)11-17-15(18-12)20-8-6-19(2)7-9-20/h11H,4-10H2,1-3H3,(H,16,21). The van der Waals surface area contributed by atoms with Crippen LogP contribution in [0.1, 0.15) is 22.5 Å². The highest BCUT2D eigenvalue weighted by Crippen LogP contribution is 2.13. The summed E-state index contributed by atoms with van der Waals surface area (Å²) in [5.41, 5.74) is 1.25. The quantitative estimate of drug-likeness (QED) is 0.763.